The highest BCUT2D eigenvalue weighted by Gasteiger charge is 2.07. The summed E-state index contributed by atoms with van der Waals surface area (Å²) in [4.78, 5) is 0. The van der Waals surface area contributed by atoms with Crippen LogP contribution in [0.2, 0.25) is 0 Å². The molecule has 0 aliphatic rings. The lowest BCUT2D eigenvalue weighted by molar-refractivity contribution is 0.647. The van der Waals surface area contributed by atoms with Gasteiger partial charge in [-0.15, -0.1) is 0 Å². The van der Waals surface area contributed by atoms with E-state index in [4.69, 9.17) is 0 Å². The van der Waals surface area contributed by atoms with Crippen molar-refractivity contribution in [2.45, 2.75) is 46.5 Å². The van der Waals surface area contributed by atoms with Crippen LogP contribution in [0, 0.1) is 5.92 Å². The van der Waals surface area contributed by atoms with Crippen LogP contribution in [-0.4, -0.2) is 0 Å². The van der Waals surface area contributed by atoms with E-state index < -0.39 is 0 Å². The molecule has 1 aromatic carbocycles. The average molecular weight is 216 g/mol. The van der Waals surface area contributed by atoms with Crippen molar-refractivity contribution in [3.05, 3.63) is 47.5 Å². The van der Waals surface area contributed by atoms with E-state index in [9.17, 15) is 0 Å². The molecule has 0 fully saturated rings. The minimum absolute atomic E-state index is 0.484. The van der Waals surface area contributed by atoms with Gasteiger partial charge in [-0.2, -0.15) is 0 Å². The molecular formula is C16H24. The lowest BCUT2D eigenvalue weighted by atomic mass is 9.91. The summed E-state index contributed by atoms with van der Waals surface area (Å²) < 4.78 is 0. The van der Waals surface area contributed by atoms with Crippen LogP contribution in [0.15, 0.2) is 36.4 Å². The first kappa shape index (κ1) is 13.0. The van der Waals surface area contributed by atoms with Gasteiger partial charge in [-0.1, -0.05) is 64.1 Å². The number of hydrogen-bond acceptors (Lipinski definition) is 0. The molecule has 0 aliphatic heterocycles. The molecular weight excluding hydrogens is 192 g/mol. The summed E-state index contributed by atoms with van der Waals surface area (Å²) in [6, 6.07) is 9.02. The second-order valence-electron chi connectivity index (χ2n) is 5.07. The van der Waals surface area contributed by atoms with E-state index in [0.717, 1.165) is 12.3 Å². The van der Waals surface area contributed by atoms with Crippen LogP contribution in [0.1, 0.15) is 51.2 Å². The molecule has 16 heavy (non-hydrogen) atoms. The molecule has 0 aliphatic carbocycles. The highest BCUT2D eigenvalue weighted by Crippen LogP contribution is 2.25. The smallest absolute Gasteiger partial charge is 0.00170 e. The molecule has 1 atom stereocenters. The summed E-state index contributed by atoms with van der Waals surface area (Å²) in [6.45, 7) is 13.1. The van der Waals surface area contributed by atoms with E-state index >= 15 is 0 Å². The van der Waals surface area contributed by atoms with Gasteiger partial charge in [0.1, 0.15) is 0 Å². The molecule has 88 valence electrons. The molecule has 0 nitrogen and oxygen atoms in total. The van der Waals surface area contributed by atoms with Crippen molar-refractivity contribution >= 4 is 0 Å². The molecule has 1 aromatic rings. The Kier molecular flexibility index (Phi) is 4.79. The number of rotatable bonds is 5. The van der Waals surface area contributed by atoms with Crippen LogP contribution in [0.4, 0.5) is 0 Å². The van der Waals surface area contributed by atoms with Crippen molar-refractivity contribution in [2.24, 2.45) is 5.92 Å². The zero-order valence-corrected chi connectivity index (χ0v) is 11.1. The van der Waals surface area contributed by atoms with Gasteiger partial charge < -0.3 is 0 Å². The Balaban J connectivity index is 2.74. The molecule has 0 heterocycles. The first-order valence-corrected chi connectivity index (χ1v) is 6.31. The molecule has 0 saturated carbocycles. The fraction of sp³-hybridized carbons (Fsp3) is 0.500. The zero-order chi connectivity index (χ0) is 12.1. The van der Waals surface area contributed by atoms with Gasteiger partial charge in [0.15, 0.2) is 0 Å². The molecule has 0 radical (unpaired) electrons. The van der Waals surface area contributed by atoms with Crippen LogP contribution in [0.25, 0.3) is 0 Å². The average Bonchev–Trinajstić information content (AvgIpc) is 2.27. The maximum absolute atomic E-state index is 4.12. The van der Waals surface area contributed by atoms with Crippen LogP contribution in [0.3, 0.4) is 0 Å². The summed E-state index contributed by atoms with van der Waals surface area (Å²) in [7, 11) is 0. The van der Waals surface area contributed by atoms with Crippen LogP contribution in [-0.2, 0) is 6.42 Å². The van der Waals surface area contributed by atoms with Gasteiger partial charge in [0, 0.05) is 5.92 Å². The first-order valence-electron chi connectivity index (χ1n) is 6.31. The Hall–Kier alpha value is -1.04. The third kappa shape index (κ3) is 3.52. The Morgan fingerprint density at radius 3 is 2.12 bits per heavy atom. The van der Waals surface area contributed by atoms with E-state index in [1.807, 2.05) is 0 Å². The summed E-state index contributed by atoms with van der Waals surface area (Å²) in [6.07, 6.45) is 2.23. The van der Waals surface area contributed by atoms with E-state index in [1.54, 1.807) is 0 Å². The topological polar surface area (TPSA) is 0 Å². The van der Waals surface area contributed by atoms with Gasteiger partial charge in [-0.05, 0) is 29.9 Å². The predicted octanol–water partition coefficient (Wildman–Crippen LogP) is 4.95. The van der Waals surface area contributed by atoms with Gasteiger partial charge in [0.2, 0.25) is 0 Å². The highest BCUT2D eigenvalue weighted by atomic mass is 14.1. The standard InChI is InChI=1S/C16H24/c1-6-13(4)14(5)16-9-7-15(8-10-16)11-12(2)3/h7-10,12,14H,4,6,11H2,1-3,5H3. The summed E-state index contributed by atoms with van der Waals surface area (Å²) in [5.74, 6) is 1.21. The van der Waals surface area contributed by atoms with Crippen molar-refractivity contribution in [1.29, 1.82) is 0 Å². The van der Waals surface area contributed by atoms with Gasteiger partial charge >= 0.3 is 0 Å². The molecule has 1 unspecified atom stereocenters. The number of allylic oxidation sites excluding steroid dienone is 1. The maximum Gasteiger partial charge on any atom is 0.00170 e. The minimum Gasteiger partial charge on any atom is -0.0993 e. The van der Waals surface area contributed by atoms with Crippen molar-refractivity contribution in [3.8, 4) is 0 Å². The maximum atomic E-state index is 4.12. The van der Waals surface area contributed by atoms with E-state index in [0.29, 0.717) is 5.92 Å². The van der Waals surface area contributed by atoms with Crippen molar-refractivity contribution in [3.63, 3.8) is 0 Å². The number of benzene rings is 1. The lowest BCUT2D eigenvalue weighted by Gasteiger charge is -2.14. The normalized spacial score (nSPS) is 12.8. The first-order chi connectivity index (χ1) is 7.54. The van der Waals surface area contributed by atoms with E-state index in [-0.39, 0.29) is 0 Å². The number of hydrogen-bond donors (Lipinski definition) is 0. The Labute approximate surface area is 100 Å². The lowest BCUT2D eigenvalue weighted by Crippen LogP contribution is -1.98. The van der Waals surface area contributed by atoms with Gasteiger partial charge in [-0.3, -0.25) is 0 Å². The molecule has 1 rings (SSSR count). The molecule has 0 heteroatoms. The minimum atomic E-state index is 0.484. The second-order valence-corrected chi connectivity index (χ2v) is 5.07. The molecule has 0 amide bonds. The fourth-order valence-corrected chi connectivity index (χ4v) is 1.96. The van der Waals surface area contributed by atoms with Gasteiger partial charge in [-0.25, -0.2) is 0 Å². The molecule has 0 bridgehead atoms. The molecule has 0 saturated heterocycles. The van der Waals surface area contributed by atoms with Crippen LogP contribution in [0.5, 0.6) is 0 Å². The van der Waals surface area contributed by atoms with Crippen molar-refractivity contribution in [1.82, 2.24) is 0 Å². The van der Waals surface area contributed by atoms with Crippen molar-refractivity contribution in [2.75, 3.05) is 0 Å². The monoisotopic (exact) mass is 216 g/mol. The summed E-state index contributed by atoms with van der Waals surface area (Å²) in [5.41, 5.74) is 4.14. The zero-order valence-electron chi connectivity index (χ0n) is 11.1. The third-order valence-corrected chi connectivity index (χ3v) is 3.19. The van der Waals surface area contributed by atoms with Crippen molar-refractivity contribution < 1.29 is 0 Å². The highest BCUT2D eigenvalue weighted by molar-refractivity contribution is 5.30. The Morgan fingerprint density at radius 2 is 1.69 bits per heavy atom. The van der Waals surface area contributed by atoms with E-state index in [1.165, 1.54) is 23.1 Å². The molecule has 0 N–H and O–H groups in total. The quantitative estimate of drug-likeness (QED) is 0.611. The van der Waals surface area contributed by atoms with Crippen LogP contribution < -0.4 is 0 Å². The third-order valence-electron chi connectivity index (χ3n) is 3.19. The van der Waals surface area contributed by atoms with Gasteiger partial charge in [0.25, 0.3) is 0 Å². The summed E-state index contributed by atoms with van der Waals surface area (Å²) >= 11 is 0. The SMILES string of the molecule is C=C(CC)C(C)c1ccc(CC(C)C)cc1. The predicted molar refractivity (Wildman–Crippen MR) is 72.8 cm³/mol. The van der Waals surface area contributed by atoms with Crippen LogP contribution >= 0.6 is 0 Å². The molecule has 0 aromatic heterocycles. The second kappa shape index (κ2) is 5.89. The van der Waals surface area contributed by atoms with E-state index in [2.05, 4.69) is 58.5 Å². The molecule has 0 spiro atoms. The largest absolute Gasteiger partial charge is 0.0993 e. The fourth-order valence-electron chi connectivity index (χ4n) is 1.96. The Morgan fingerprint density at radius 1 is 1.12 bits per heavy atom. The Bertz CT molecular complexity index is 330. The summed E-state index contributed by atoms with van der Waals surface area (Å²) in [5, 5.41) is 0. The van der Waals surface area contributed by atoms with Gasteiger partial charge in [0.05, 0.1) is 0 Å².